The normalized spacial score (nSPS) is 27.3. The van der Waals surface area contributed by atoms with E-state index in [1.54, 1.807) is 0 Å². The number of benzene rings is 1. The van der Waals surface area contributed by atoms with E-state index in [1.165, 1.54) is 12.0 Å². The van der Waals surface area contributed by atoms with Crippen LogP contribution in [0.5, 0.6) is 0 Å². The van der Waals surface area contributed by atoms with Crippen molar-refractivity contribution in [1.82, 2.24) is 10.2 Å². The molecule has 3 aliphatic rings. The molecule has 6 nitrogen and oxygen atoms in total. The van der Waals surface area contributed by atoms with E-state index < -0.39 is 0 Å². The number of nitrogens with zero attached hydrogens (tertiary/aromatic N) is 2. The van der Waals surface area contributed by atoms with Gasteiger partial charge in [-0.2, -0.15) is 0 Å². The zero-order valence-electron chi connectivity index (χ0n) is 18.7. The first-order chi connectivity index (χ1) is 14.8. The Morgan fingerprint density at radius 1 is 1.10 bits per heavy atom. The lowest BCUT2D eigenvalue weighted by molar-refractivity contribution is -0.0367. The number of rotatable bonds is 7. The molecule has 3 fully saturated rings. The standard InChI is InChI=1S/C24H37N3O3.HI/c1-2-25-24(26-17-20-12-16-29-23(20)19-7-4-3-5-8-19)27-13-10-21(11-14-27)30-18-22-9-6-15-28-22;/h3-5,7-8,20-23H,2,6,9-18H2,1H3,(H,25,26);1H. The van der Waals surface area contributed by atoms with E-state index in [1.807, 2.05) is 0 Å². The Morgan fingerprint density at radius 2 is 1.90 bits per heavy atom. The molecule has 1 aromatic rings. The van der Waals surface area contributed by atoms with Crippen LogP contribution in [0.4, 0.5) is 0 Å². The highest BCUT2D eigenvalue weighted by Gasteiger charge is 2.30. The Kier molecular flexibility index (Phi) is 10.3. The smallest absolute Gasteiger partial charge is 0.193 e. The van der Waals surface area contributed by atoms with Gasteiger partial charge in [0.15, 0.2) is 5.96 Å². The number of hydrogen-bond donors (Lipinski definition) is 1. The van der Waals surface area contributed by atoms with E-state index in [4.69, 9.17) is 19.2 Å². The summed E-state index contributed by atoms with van der Waals surface area (Å²) in [7, 11) is 0. The highest BCUT2D eigenvalue weighted by atomic mass is 127. The molecule has 0 aromatic heterocycles. The van der Waals surface area contributed by atoms with Crippen molar-refractivity contribution in [3.63, 3.8) is 0 Å². The van der Waals surface area contributed by atoms with Crippen molar-refractivity contribution in [2.45, 2.75) is 57.3 Å². The van der Waals surface area contributed by atoms with Crippen molar-refractivity contribution < 1.29 is 14.2 Å². The van der Waals surface area contributed by atoms with Crippen molar-refractivity contribution in [2.24, 2.45) is 10.9 Å². The number of hydrogen-bond acceptors (Lipinski definition) is 4. The number of aliphatic imine (C=N–C) groups is 1. The quantitative estimate of drug-likeness (QED) is 0.320. The first kappa shape index (κ1) is 24.7. The van der Waals surface area contributed by atoms with Gasteiger partial charge in [0.2, 0.25) is 0 Å². The van der Waals surface area contributed by atoms with Gasteiger partial charge in [-0.15, -0.1) is 24.0 Å². The first-order valence-electron chi connectivity index (χ1n) is 11.8. The van der Waals surface area contributed by atoms with Crippen molar-refractivity contribution in [1.29, 1.82) is 0 Å². The van der Waals surface area contributed by atoms with Crippen molar-refractivity contribution in [3.8, 4) is 0 Å². The van der Waals surface area contributed by atoms with Crippen molar-refractivity contribution in [2.75, 3.05) is 46.0 Å². The maximum absolute atomic E-state index is 6.13. The second-order valence-corrected chi connectivity index (χ2v) is 8.60. The molecule has 4 rings (SSSR count). The fraction of sp³-hybridized carbons (Fsp3) is 0.708. The van der Waals surface area contributed by atoms with Gasteiger partial charge in [-0.05, 0) is 44.6 Å². The summed E-state index contributed by atoms with van der Waals surface area (Å²) in [6, 6.07) is 10.6. The highest BCUT2D eigenvalue weighted by molar-refractivity contribution is 14.0. The van der Waals surface area contributed by atoms with Crippen LogP contribution in [0.3, 0.4) is 0 Å². The largest absolute Gasteiger partial charge is 0.376 e. The topological polar surface area (TPSA) is 55.3 Å². The fourth-order valence-corrected chi connectivity index (χ4v) is 4.71. The maximum Gasteiger partial charge on any atom is 0.193 e. The molecule has 0 radical (unpaired) electrons. The van der Waals surface area contributed by atoms with Gasteiger partial charge in [0.1, 0.15) is 0 Å². The third kappa shape index (κ3) is 7.04. The molecule has 0 bridgehead atoms. The molecule has 3 saturated heterocycles. The lowest BCUT2D eigenvalue weighted by Gasteiger charge is -2.34. The molecular weight excluding hydrogens is 505 g/mol. The number of halogens is 1. The molecule has 7 heteroatoms. The van der Waals surface area contributed by atoms with Gasteiger partial charge >= 0.3 is 0 Å². The minimum Gasteiger partial charge on any atom is -0.376 e. The van der Waals surface area contributed by atoms with E-state index in [-0.39, 0.29) is 30.1 Å². The molecule has 0 spiro atoms. The summed E-state index contributed by atoms with van der Waals surface area (Å²) in [6.07, 6.45) is 6.31. The average Bonchev–Trinajstić information content (AvgIpc) is 3.48. The summed E-state index contributed by atoms with van der Waals surface area (Å²) in [4.78, 5) is 7.41. The predicted octanol–water partition coefficient (Wildman–Crippen LogP) is 4.01. The van der Waals surface area contributed by atoms with Gasteiger partial charge in [-0.1, -0.05) is 30.3 Å². The van der Waals surface area contributed by atoms with E-state index in [2.05, 4.69) is 47.5 Å². The van der Waals surface area contributed by atoms with Gasteiger partial charge < -0.3 is 24.4 Å². The summed E-state index contributed by atoms with van der Waals surface area (Å²) in [6.45, 7) is 8.28. The number of guanidine groups is 1. The SMILES string of the molecule is CCNC(=NCC1CCOC1c1ccccc1)N1CCC(OCC2CCCO2)CC1.I. The molecule has 31 heavy (non-hydrogen) atoms. The number of nitrogens with one attached hydrogen (secondary N) is 1. The Hall–Kier alpha value is -0.900. The molecule has 3 unspecified atom stereocenters. The van der Waals surface area contributed by atoms with Crippen LogP contribution in [0.25, 0.3) is 0 Å². The predicted molar refractivity (Wildman–Crippen MR) is 134 cm³/mol. The summed E-state index contributed by atoms with van der Waals surface area (Å²) in [5.74, 6) is 1.47. The van der Waals surface area contributed by atoms with Crippen LogP contribution in [0.2, 0.25) is 0 Å². The third-order valence-electron chi connectivity index (χ3n) is 6.44. The van der Waals surface area contributed by atoms with Gasteiger partial charge in [-0.3, -0.25) is 4.99 Å². The van der Waals surface area contributed by atoms with Gasteiger partial charge in [0.05, 0.1) is 24.9 Å². The van der Waals surface area contributed by atoms with Crippen molar-refractivity contribution in [3.05, 3.63) is 35.9 Å². The molecule has 1 aromatic carbocycles. The van der Waals surface area contributed by atoms with Gasteiger partial charge in [0, 0.05) is 45.3 Å². The minimum absolute atomic E-state index is 0. The summed E-state index contributed by atoms with van der Waals surface area (Å²) >= 11 is 0. The number of piperidine rings is 1. The van der Waals surface area contributed by atoms with Crippen LogP contribution >= 0.6 is 24.0 Å². The Labute approximate surface area is 204 Å². The lowest BCUT2D eigenvalue weighted by Crippen LogP contribution is -2.47. The maximum atomic E-state index is 6.13. The molecule has 3 heterocycles. The molecule has 0 aliphatic carbocycles. The van der Waals surface area contributed by atoms with Crippen LogP contribution < -0.4 is 5.32 Å². The molecule has 3 atom stereocenters. The van der Waals surface area contributed by atoms with Crippen LogP contribution in [-0.2, 0) is 14.2 Å². The van der Waals surface area contributed by atoms with Gasteiger partial charge in [0.25, 0.3) is 0 Å². The Bertz CT molecular complexity index is 661. The molecule has 3 aliphatic heterocycles. The van der Waals surface area contributed by atoms with Crippen LogP contribution in [0.1, 0.15) is 50.7 Å². The summed E-state index contributed by atoms with van der Waals surface area (Å²) in [5.41, 5.74) is 1.27. The lowest BCUT2D eigenvalue weighted by atomic mass is 9.95. The third-order valence-corrected chi connectivity index (χ3v) is 6.44. The summed E-state index contributed by atoms with van der Waals surface area (Å²) < 4.78 is 17.9. The Balaban J connectivity index is 0.00000272. The Morgan fingerprint density at radius 3 is 2.61 bits per heavy atom. The van der Waals surface area contributed by atoms with Crippen LogP contribution in [0, 0.1) is 5.92 Å². The second-order valence-electron chi connectivity index (χ2n) is 8.60. The van der Waals surface area contributed by atoms with Crippen LogP contribution in [0.15, 0.2) is 35.3 Å². The zero-order chi connectivity index (χ0) is 20.6. The number of ether oxygens (including phenoxy) is 3. The molecule has 0 saturated carbocycles. The first-order valence-corrected chi connectivity index (χ1v) is 11.8. The second kappa shape index (κ2) is 13.0. The highest BCUT2D eigenvalue weighted by Crippen LogP contribution is 2.34. The van der Waals surface area contributed by atoms with E-state index >= 15 is 0 Å². The van der Waals surface area contributed by atoms with Crippen molar-refractivity contribution >= 4 is 29.9 Å². The summed E-state index contributed by atoms with van der Waals surface area (Å²) in [5, 5.41) is 3.50. The van der Waals surface area contributed by atoms with E-state index in [0.717, 1.165) is 77.6 Å². The molecule has 0 amide bonds. The fourth-order valence-electron chi connectivity index (χ4n) is 4.71. The average molecular weight is 543 g/mol. The molecule has 174 valence electrons. The van der Waals surface area contributed by atoms with E-state index in [9.17, 15) is 0 Å². The zero-order valence-corrected chi connectivity index (χ0v) is 21.0. The minimum atomic E-state index is 0. The van der Waals surface area contributed by atoms with Gasteiger partial charge in [-0.25, -0.2) is 0 Å². The van der Waals surface area contributed by atoms with Crippen LogP contribution in [-0.4, -0.2) is 69.1 Å². The van der Waals surface area contributed by atoms with E-state index in [0.29, 0.717) is 18.1 Å². The number of likely N-dealkylation sites (tertiary alicyclic amines) is 1. The molecular formula is C24H38IN3O3. The monoisotopic (exact) mass is 543 g/mol. The molecule has 1 N–H and O–H groups in total.